The molecule has 1 aromatic heterocycles. The van der Waals surface area contributed by atoms with Gasteiger partial charge in [-0.1, -0.05) is 63.3 Å². The fraction of sp³-hybridized carbons (Fsp3) is 0.524. The molecule has 3 nitrogen and oxygen atoms in total. The van der Waals surface area contributed by atoms with E-state index in [4.69, 9.17) is 4.74 Å². The zero-order chi connectivity index (χ0) is 16.8. The molecule has 1 aromatic carbocycles. The van der Waals surface area contributed by atoms with Crippen LogP contribution in [0.1, 0.15) is 51.0 Å². The third-order valence-corrected chi connectivity index (χ3v) is 5.46. The summed E-state index contributed by atoms with van der Waals surface area (Å²) in [6, 6.07) is 8.71. The van der Waals surface area contributed by atoms with Crippen molar-refractivity contribution in [2.45, 2.75) is 51.9 Å². The van der Waals surface area contributed by atoms with E-state index in [2.05, 4.69) is 41.2 Å². The molecule has 2 aromatic rings. The Bertz CT molecular complexity index is 613. The highest BCUT2D eigenvalue weighted by molar-refractivity contribution is 5.55. The second kappa shape index (κ2) is 8.27. The predicted octanol–water partition coefficient (Wildman–Crippen LogP) is 5.30. The van der Waals surface area contributed by atoms with Crippen molar-refractivity contribution in [2.24, 2.45) is 11.8 Å². The molecule has 1 aliphatic carbocycles. The molecule has 0 N–H and O–H groups in total. The van der Waals surface area contributed by atoms with Crippen molar-refractivity contribution in [1.29, 1.82) is 0 Å². The lowest BCUT2D eigenvalue weighted by molar-refractivity contribution is 0.259. The summed E-state index contributed by atoms with van der Waals surface area (Å²) in [5.74, 6) is 3.36. The Morgan fingerprint density at radius 3 is 2.17 bits per heavy atom. The van der Waals surface area contributed by atoms with Gasteiger partial charge in [0.15, 0.2) is 11.6 Å². The lowest BCUT2D eigenvalue weighted by atomic mass is 9.78. The van der Waals surface area contributed by atoms with E-state index in [0.717, 1.165) is 23.2 Å². The fourth-order valence-corrected chi connectivity index (χ4v) is 3.69. The van der Waals surface area contributed by atoms with Gasteiger partial charge in [-0.05, 0) is 30.2 Å². The Balaban J connectivity index is 1.53. The molecule has 0 radical (unpaired) electrons. The Morgan fingerprint density at radius 1 is 0.958 bits per heavy atom. The van der Waals surface area contributed by atoms with Gasteiger partial charge in [0.1, 0.15) is 0 Å². The summed E-state index contributed by atoms with van der Waals surface area (Å²) in [5, 5.41) is 0. The Kier molecular flexibility index (Phi) is 5.84. The fourth-order valence-electron chi connectivity index (χ4n) is 3.69. The third kappa shape index (κ3) is 4.34. The summed E-state index contributed by atoms with van der Waals surface area (Å²) >= 11 is 0. The van der Waals surface area contributed by atoms with Gasteiger partial charge in [-0.3, -0.25) is 0 Å². The maximum atomic E-state index is 5.10. The molecule has 0 saturated heterocycles. The van der Waals surface area contributed by atoms with E-state index in [9.17, 15) is 0 Å². The molecule has 0 aliphatic heterocycles. The highest BCUT2D eigenvalue weighted by Crippen LogP contribution is 2.33. The largest absolute Gasteiger partial charge is 0.494 e. The molecule has 3 rings (SSSR count). The molecule has 3 heteroatoms. The second-order valence-electron chi connectivity index (χ2n) is 6.98. The third-order valence-electron chi connectivity index (χ3n) is 5.46. The van der Waals surface area contributed by atoms with Gasteiger partial charge in [-0.25, -0.2) is 9.97 Å². The van der Waals surface area contributed by atoms with E-state index < -0.39 is 0 Å². The van der Waals surface area contributed by atoms with E-state index in [1.54, 1.807) is 19.5 Å². The summed E-state index contributed by atoms with van der Waals surface area (Å²) in [5.41, 5.74) is 2.48. The summed E-state index contributed by atoms with van der Waals surface area (Å²) in [6.45, 7) is 2.33. The minimum absolute atomic E-state index is 0.688. The SMILES string of the molecule is CCC1CCC(CCc2ccc(-c3ncc(OC)cn3)cc2)CC1. The topological polar surface area (TPSA) is 35.0 Å². The smallest absolute Gasteiger partial charge is 0.159 e. The average Bonchev–Trinajstić information content (AvgIpc) is 2.67. The molecule has 0 bridgehead atoms. The number of hydrogen-bond acceptors (Lipinski definition) is 3. The van der Waals surface area contributed by atoms with Crippen LogP contribution in [0.25, 0.3) is 11.4 Å². The molecular weight excluding hydrogens is 296 g/mol. The van der Waals surface area contributed by atoms with E-state index in [-0.39, 0.29) is 0 Å². The molecule has 1 saturated carbocycles. The van der Waals surface area contributed by atoms with Crippen molar-refractivity contribution in [3.63, 3.8) is 0 Å². The first kappa shape index (κ1) is 16.9. The second-order valence-corrected chi connectivity index (χ2v) is 6.98. The maximum absolute atomic E-state index is 5.10. The van der Waals surface area contributed by atoms with Gasteiger partial charge in [0.05, 0.1) is 19.5 Å². The van der Waals surface area contributed by atoms with E-state index >= 15 is 0 Å². The molecule has 0 atom stereocenters. The quantitative estimate of drug-likeness (QED) is 0.723. The van der Waals surface area contributed by atoms with Crippen LogP contribution in [0.2, 0.25) is 0 Å². The van der Waals surface area contributed by atoms with Crippen LogP contribution in [0.3, 0.4) is 0 Å². The molecule has 0 amide bonds. The van der Waals surface area contributed by atoms with Crippen LogP contribution < -0.4 is 4.74 Å². The van der Waals surface area contributed by atoms with Gasteiger partial charge in [0.2, 0.25) is 0 Å². The van der Waals surface area contributed by atoms with Crippen molar-refractivity contribution < 1.29 is 4.74 Å². The van der Waals surface area contributed by atoms with Crippen molar-refractivity contribution in [3.05, 3.63) is 42.2 Å². The first-order chi connectivity index (χ1) is 11.8. The Hall–Kier alpha value is -1.90. The standard InChI is InChI=1S/C21H28N2O/c1-3-16-4-6-17(7-5-16)8-9-18-10-12-19(13-11-18)21-22-14-20(24-2)15-23-21/h10-17H,3-9H2,1-2H3. The molecule has 1 heterocycles. The summed E-state index contributed by atoms with van der Waals surface area (Å²) in [7, 11) is 1.63. The number of aromatic nitrogens is 2. The van der Waals surface area contributed by atoms with Crippen LogP contribution >= 0.6 is 0 Å². The number of aryl methyl sites for hydroxylation is 1. The van der Waals surface area contributed by atoms with E-state index in [1.807, 2.05) is 0 Å². The van der Waals surface area contributed by atoms with Gasteiger partial charge >= 0.3 is 0 Å². The van der Waals surface area contributed by atoms with Crippen LogP contribution in [0.15, 0.2) is 36.7 Å². The normalized spacial score (nSPS) is 20.8. The van der Waals surface area contributed by atoms with Crippen molar-refractivity contribution in [1.82, 2.24) is 9.97 Å². The molecule has 1 aliphatic rings. The number of ether oxygens (including phenoxy) is 1. The van der Waals surface area contributed by atoms with Gasteiger partial charge < -0.3 is 4.74 Å². The molecule has 1 fully saturated rings. The first-order valence-electron chi connectivity index (χ1n) is 9.23. The summed E-state index contributed by atoms with van der Waals surface area (Å²) < 4.78 is 5.10. The molecule has 0 unspecified atom stereocenters. The number of benzene rings is 1. The van der Waals surface area contributed by atoms with Crippen LogP contribution in [0.5, 0.6) is 5.75 Å². The monoisotopic (exact) mass is 324 g/mol. The number of rotatable bonds is 6. The summed E-state index contributed by atoms with van der Waals surface area (Å²) in [4.78, 5) is 8.70. The van der Waals surface area contributed by atoms with Crippen LogP contribution in [-0.4, -0.2) is 17.1 Å². The van der Waals surface area contributed by atoms with Gasteiger partial charge in [-0.15, -0.1) is 0 Å². The summed E-state index contributed by atoms with van der Waals surface area (Å²) in [6.07, 6.45) is 13.0. The van der Waals surface area contributed by atoms with Crippen LogP contribution in [0.4, 0.5) is 0 Å². The van der Waals surface area contributed by atoms with Crippen molar-refractivity contribution in [3.8, 4) is 17.1 Å². The highest BCUT2D eigenvalue weighted by atomic mass is 16.5. The van der Waals surface area contributed by atoms with Gasteiger partial charge in [0, 0.05) is 5.56 Å². The zero-order valence-corrected chi connectivity index (χ0v) is 14.9. The van der Waals surface area contributed by atoms with Crippen LogP contribution in [-0.2, 0) is 6.42 Å². The van der Waals surface area contributed by atoms with Crippen molar-refractivity contribution >= 4 is 0 Å². The predicted molar refractivity (Wildman–Crippen MR) is 98.1 cm³/mol. The number of methoxy groups -OCH3 is 1. The molecule has 0 spiro atoms. The maximum Gasteiger partial charge on any atom is 0.159 e. The average molecular weight is 324 g/mol. The number of hydrogen-bond donors (Lipinski definition) is 0. The highest BCUT2D eigenvalue weighted by Gasteiger charge is 2.19. The lowest BCUT2D eigenvalue weighted by Crippen LogP contribution is -2.14. The molecular formula is C21H28N2O. The Morgan fingerprint density at radius 2 is 1.58 bits per heavy atom. The zero-order valence-electron chi connectivity index (χ0n) is 14.9. The van der Waals surface area contributed by atoms with E-state index in [0.29, 0.717) is 5.75 Å². The van der Waals surface area contributed by atoms with E-state index in [1.165, 1.54) is 50.5 Å². The minimum atomic E-state index is 0.688. The van der Waals surface area contributed by atoms with Gasteiger partial charge in [-0.2, -0.15) is 0 Å². The minimum Gasteiger partial charge on any atom is -0.494 e. The Labute approximate surface area is 145 Å². The number of nitrogens with zero attached hydrogens (tertiary/aromatic N) is 2. The first-order valence-corrected chi connectivity index (χ1v) is 9.23. The van der Waals surface area contributed by atoms with Crippen molar-refractivity contribution in [2.75, 3.05) is 7.11 Å². The lowest BCUT2D eigenvalue weighted by Gasteiger charge is -2.27. The van der Waals surface area contributed by atoms with Crippen LogP contribution in [0, 0.1) is 11.8 Å². The van der Waals surface area contributed by atoms with Gasteiger partial charge in [0.25, 0.3) is 0 Å². The molecule has 24 heavy (non-hydrogen) atoms. The molecule has 128 valence electrons.